The summed E-state index contributed by atoms with van der Waals surface area (Å²) in [4.78, 5) is 42.4. The second kappa shape index (κ2) is 5.04. The first-order valence-electron chi connectivity index (χ1n) is 4.62. The van der Waals surface area contributed by atoms with Crippen molar-refractivity contribution in [1.29, 1.82) is 0 Å². The quantitative estimate of drug-likeness (QED) is 0.379. The van der Waals surface area contributed by atoms with E-state index in [4.69, 9.17) is 20.4 Å². The Balaban J connectivity index is 3.22. The molecule has 0 unspecified atom stereocenters. The summed E-state index contributed by atoms with van der Waals surface area (Å²) in [5.74, 6) is -6.23. The summed E-state index contributed by atoms with van der Waals surface area (Å²) in [7, 11) is 0. The fourth-order valence-electron chi connectivity index (χ4n) is 1.23. The normalized spacial score (nSPS) is 14.7. The maximum atomic E-state index is 10.8. The summed E-state index contributed by atoms with van der Waals surface area (Å²) in [5.41, 5.74) is -1.82. The van der Waals surface area contributed by atoms with Crippen LogP contribution in [-0.4, -0.2) is 44.3 Å². The van der Waals surface area contributed by atoms with Crippen LogP contribution in [0.4, 0.5) is 0 Å². The van der Waals surface area contributed by atoms with Crippen molar-refractivity contribution in [3.8, 4) is 0 Å². The molecule has 0 saturated heterocycles. The molecule has 0 bridgehead atoms. The molecule has 0 atom stereocenters. The molecule has 1 aliphatic rings. The third kappa shape index (κ3) is 3.43. The summed E-state index contributed by atoms with van der Waals surface area (Å²) in [6, 6.07) is 0. The fourth-order valence-corrected chi connectivity index (χ4v) is 1.23. The zero-order chi connectivity index (χ0) is 14.7. The van der Waals surface area contributed by atoms with Crippen LogP contribution in [0.15, 0.2) is 34.7 Å². The second-order valence-electron chi connectivity index (χ2n) is 3.28. The molecule has 0 spiro atoms. The van der Waals surface area contributed by atoms with Gasteiger partial charge in [-0.25, -0.2) is 19.2 Å². The highest BCUT2D eigenvalue weighted by Crippen LogP contribution is 2.30. The van der Waals surface area contributed by atoms with Crippen LogP contribution in [0.3, 0.4) is 0 Å². The van der Waals surface area contributed by atoms with Gasteiger partial charge in [-0.15, -0.1) is 0 Å². The van der Waals surface area contributed by atoms with Crippen molar-refractivity contribution >= 4 is 23.9 Å². The zero-order valence-corrected chi connectivity index (χ0v) is 9.08. The molecule has 0 radical (unpaired) electrons. The van der Waals surface area contributed by atoms with E-state index in [1.807, 2.05) is 0 Å². The Labute approximate surface area is 104 Å². The average molecular weight is 269 g/mol. The lowest BCUT2D eigenvalue weighted by Gasteiger charge is -1.91. The van der Waals surface area contributed by atoms with Gasteiger partial charge in [0, 0.05) is 12.2 Å². The van der Waals surface area contributed by atoms with E-state index in [-0.39, 0.29) is 11.4 Å². The minimum atomic E-state index is -1.58. The average Bonchev–Trinajstić information content (AvgIpc) is 3.00. The van der Waals surface area contributed by atoms with Gasteiger partial charge in [0.25, 0.3) is 0 Å². The van der Waals surface area contributed by atoms with E-state index < -0.39 is 35.0 Å². The first-order valence-corrected chi connectivity index (χ1v) is 4.62. The van der Waals surface area contributed by atoms with Crippen molar-refractivity contribution in [2.75, 3.05) is 0 Å². The van der Waals surface area contributed by atoms with Crippen LogP contribution in [0.25, 0.3) is 0 Å². The highest BCUT2D eigenvalue weighted by molar-refractivity contribution is 6.04. The van der Waals surface area contributed by atoms with E-state index in [1.54, 1.807) is 0 Å². The Morgan fingerprint density at radius 1 is 0.737 bits per heavy atom. The topological polar surface area (TPSA) is 171 Å². The molecular weight excluding hydrogens is 262 g/mol. The van der Waals surface area contributed by atoms with Crippen LogP contribution in [0.2, 0.25) is 0 Å². The Morgan fingerprint density at radius 3 is 1.26 bits per heavy atom. The largest absolute Gasteiger partial charge is 0.478 e. The molecular formula is C10H7NO8. The third-order valence-electron chi connectivity index (χ3n) is 1.97. The van der Waals surface area contributed by atoms with Crippen LogP contribution < -0.4 is 5.32 Å². The minimum absolute atomic E-state index is 0.246. The van der Waals surface area contributed by atoms with E-state index in [0.29, 0.717) is 12.2 Å². The molecule has 0 aliphatic carbocycles. The highest BCUT2D eigenvalue weighted by Gasteiger charge is 2.34. The molecule has 1 aliphatic heterocycles. The molecule has 1 heterocycles. The molecule has 0 aromatic rings. The summed E-state index contributed by atoms with van der Waals surface area (Å²) >= 11 is 0. The van der Waals surface area contributed by atoms with Crippen LogP contribution in [0, 0.1) is 0 Å². The standard InChI is InChI=1S/C10H7NO8/c12-5(13)1-3(9(16)17)7-8(11-7)4(10(18)19)2-6(14)15/h1-2,11H,(H,12,13)(H,14,15)(H,16,17)(H,18,19)/b3-1-,4-2-. The number of hydrogen-bond donors (Lipinski definition) is 5. The molecule has 0 saturated carbocycles. The van der Waals surface area contributed by atoms with Crippen molar-refractivity contribution in [1.82, 2.24) is 5.32 Å². The number of hydrogen-bond acceptors (Lipinski definition) is 5. The van der Waals surface area contributed by atoms with E-state index in [1.165, 1.54) is 0 Å². The second-order valence-corrected chi connectivity index (χ2v) is 3.28. The predicted molar refractivity (Wildman–Crippen MR) is 56.9 cm³/mol. The Bertz CT molecular complexity index is 530. The maximum absolute atomic E-state index is 10.8. The van der Waals surface area contributed by atoms with E-state index in [0.717, 1.165) is 0 Å². The summed E-state index contributed by atoms with van der Waals surface area (Å²) in [5, 5.41) is 36.7. The number of aliphatic carboxylic acids is 4. The lowest BCUT2D eigenvalue weighted by atomic mass is 10.1. The number of carboxylic acids is 4. The molecule has 0 aromatic heterocycles. The molecule has 9 nitrogen and oxygen atoms in total. The molecule has 19 heavy (non-hydrogen) atoms. The van der Waals surface area contributed by atoms with Crippen molar-refractivity contribution in [2.45, 2.75) is 0 Å². The molecule has 0 fully saturated rings. The van der Waals surface area contributed by atoms with Crippen LogP contribution in [0.1, 0.15) is 0 Å². The molecule has 0 amide bonds. The van der Waals surface area contributed by atoms with Crippen molar-refractivity contribution in [3.05, 3.63) is 34.7 Å². The van der Waals surface area contributed by atoms with Crippen molar-refractivity contribution < 1.29 is 39.6 Å². The first kappa shape index (κ1) is 14.0. The Morgan fingerprint density at radius 2 is 1.05 bits per heavy atom. The Hall–Kier alpha value is -3.10. The van der Waals surface area contributed by atoms with Gasteiger partial charge in [0.15, 0.2) is 0 Å². The summed E-state index contributed by atoms with van der Waals surface area (Å²) in [6.45, 7) is 0. The fraction of sp³-hybridized carbons (Fsp3) is 0. The predicted octanol–water partition coefficient (Wildman–Crippen LogP) is -1.01. The number of rotatable bonds is 6. The minimum Gasteiger partial charge on any atom is -0.478 e. The van der Waals surface area contributed by atoms with Gasteiger partial charge < -0.3 is 25.7 Å². The van der Waals surface area contributed by atoms with Crippen LogP contribution in [0.5, 0.6) is 0 Å². The molecule has 1 rings (SSSR count). The number of nitrogens with one attached hydrogen (secondary N) is 1. The molecule has 5 N–H and O–H groups in total. The van der Waals surface area contributed by atoms with Crippen molar-refractivity contribution in [2.24, 2.45) is 0 Å². The third-order valence-corrected chi connectivity index (χ3v) is 1.97. The van der Waals surface area contributed by atoms with Gasteiger partial charge in [-0.2, -0.15) is 0 Å². The maximum Gasteiger partial charge on any atom is 0.338 e. The molecule has 9 heteroatoms. The lowest BCUT2D eigenvalue weighted by molar-refractivity contribution is -0.134. The SMILES string of the molecule is O=C(O)/C=C(\C(=O)O)C1=C(/C(=C/C(=O)O)C(=O)O)N1. The number of carboxylic acid groups (broad SMARTS) is 4. The smallest absolute Gasteiger partial charge is 0.338 e. The first-order chi connectivity index (χ1) is 8.73. The van der Waals surface area contributed by atoms with E-state index >= 15 is 0 Å². The molecule has 100 valence electrons. The van der Waals surface area contributed by atoms with Gasteiger partial charge in [0.05, 0.1) is 22.5 Å². The monoisotopic (exact) mass is 269 g/mol. The Kier molecular flexibility index (Phi) is 3.70. The van der Waals surface area contributed by atoms with Gasteiger partial charge in [-0.3, -0.25) is 0 Å². The van der Waals surface area contributed by atoms with Gasteiger partial charge in [0.2, 0.25) is 0 Å². The summed E-state index contributed by atoms with van der Waals surface area (Å²) in [6.07, 6.45) is 0.746. The van der Waals surface area contributed by atoms with Crippen LogP contribution >= 0.6 is 0 Å². The van der Waals surface area contributed by atoms with Gasteiger partial charge >= 0.3 is 23.9 Å². The molecule has 0 aromatic carbocycles. The summed E-state index contributed by atoms with van der Waals surface area (Å²) < 4.78 is 0. The van der Waals surface area contributed by atoms with E-state index in [2.05, 4.69) is 5.32 Å². The lowest BCUT2D eigenvalue weighted by Crippen LogP contribution is -2.05. The van der Waals surface area contributed by atoms with Crippen molar-refractivity contribution in [3.63, 3.8) is 0 Å². The van der Waals surface area contributed by atoms with Gasteiger partial charge in [0.1, 0.15) is 0 Å². The van der Waals surface area contributed by atoms with Gasteiger partial charge in [-0.1, -0.05) is 0 Å². The van der Waals surface area contributed by atoms with E-state index in [9.17, 15) is 19.2 Å². The van der Waals surface area contributed by atoms with Gasteiger partial charge in [-0.05, 0) is 0 Å². The van der Waals surface area contributed by atoms with Crippen LogP contribution in [-0.2, 0) is 19.2 Å². The zero-order valence-electron chi connectivity index (χ0n) is 9.08. The number of carbonyl (C=O) groups is 4. The highest BCUT2D eigenvalue weighted by atomic mass is 16.4.